The number of carbonyl (C=O) groups is 1. The quantitative estimate of drug-likeness (QED) is 0.308. The van der Waals surface area contributed by atoms with Crippen LogP contribution in [0.25, 0.3) is 0 Å². The Bertz CT molecular complexity index is 507. The van der Waals surface area contributed by atoms with E-state index in [0.29, 0.717) is 67.8 Å². The van der Waals surface area contributed by atoms with Crippen molar-refractivity contribution >= 4 is 5.91 Å². The molecule has 0 radical (unpaired) electrons. The van der Waals surface area contributed by atoms with Crippen LogP contribution in [0.1, 0.15) is 32.6 Å². The molecule has 0 aliphatic heterocycles. The van der Waals surface area contributed by atoms with E-state index in [0.717, 1.165) is 0 Å². The molecular weight excluding hydrogens is 366 g/mol. The largest absolute Gasteiger partial charge is 0.494 e. The molecule has 0 N–H and O–H groups in total. The molecule has 0 spiro atoms. The third kappa shape index (κ3) is 8.45. The summed E-state index contributed by atoms with van der Waals surface area (Å²) in [6.45, 7) is 6.57. The van der Waals surface area contributed by atoms with Crippen molar-refractivity contribution < 1.29 is 33.2 Å². The first-order valence-corrected chi connectivity index (χ1v) is 9.05. The van der Waals surface area contributed by atoms with Crippen LogP contribution in [-0.2, 0) is 33.2 Å². The summed E-state index contributed by atoms with van der Waals surface area (Å²) >= 11 is 0. The normalized spacial score (nSPS) is 9.68. The van der Waals surface area contributed by atoms with Crippen molar-refractivity contribution in [3.05, 3.63) is 35.6 Å². The van der Waals surface area contributed by atoms with Gasteiger partial charge in [0.15, 0.2) is 11.5 Å². The van der Waals surface area contributed by atoms with Crippen molar-refractivity contribution in [1.29, 1.82) is 0 Å². The molecule has 1 amide bonds. The molecule has 8 nitrogen and oxygen atoms in total. The first-order chi connectivity index (χ1) is 13.4. The molecular formula is C20H35NO7. The fourth-order valence-corrected chi connectivity index (χ4v) is 2.64. The second-order valence-electron chi connectivity index (χ2n) is 5.93. The van der Waals surface area contributed by atoms with Crippen LogP contribution in [0.15, 0.2) is 35.6 Å². The molecule has 162 valence electrons. The van der Waals surface area contributed by atoms with E-state index in [9.17, 15) is 4.79 Å². The Labute approximate surface area is 168 Å². The molecule has 0 heterocycles. The summed E-state index contributed by atoms with van der Waals surface area (Å²) in [7, 11) is 9.19. The van der Waals surface area contributed by atoms with Gasteiger partial charge in [0.2, 0.25) is 5.91 Å². The van der Waals surface area contributed by atoms with Crippen LogP contribution in [-0.4, -0.2) is 66.6 Å². The lowest BCUT2D eigenvalue weighted by atomic mass is 10.2. The van der Waals surface area contributed by atoms with Crippen LogP contribution in [0.4, 0.5) is 0 Å². The van der Waals surface area contributed by atoms with Gasteiger partial charge < -0.3 is 33.3 Å². The fourth-order valence-electron chi connectivity index (χ4n) is 2.64. The van der Waals surface area contributed by atoms with Crippen LogP contribution in [0.5, 0.6) is 0 Å². The molecule has 0 aliphatic rings. The maximum atomic E-state index is 12.5. The molecule has 8 heteroatoms. The third-order valence-electron chi connectivity index (χ3n) is 4.01. The van der Waals surface area contributed by atoms with E-state index in [2.05, 4.69) is 6.58 Å². The lowest BCUT2D eigenvalue weighted by Crippen LogP contribution is -2.33. The lowest BCUT2D eigenvalue weighted by molar-refractivity contribution is -0.127. The van der Waals surface area contributed by atoms with Gasteiger partial charge in [-0.3, -0.25) is 4.79 Å². The van der Waals surface area contributed by atoms with E-state index in [1.54, 1.807) is 26.0 Å². The maximum Gasteiger partial charge on any atom is 0.318 e. The molecule has 0 saturated carbocycles. The van der Waals surface area contributed by atoms with Crippen molar-refractivity contribution in [2.45, 2.75) is 32.6 Å². The van der Waals surface area contributed by atoms with Crippen LogP contribution in [0.2, 0.25) is 0 Å². The number of amides is 1. The average Bonchev–Trinajstić information content (AvgIpc) is 2.70. The van der Waals surface area contributed by atoms with Gasteiger partial charge in [-0.05, 0) is 19.8 Å². The van der Waals surface area contributed by atoms with Crippen LogP contribution in [0, 0.1) is 0 Å². The molecule has 0 aromatic rings. The molecule has 0 fully saturated rings. The van der Waals surface area contributed by atoms with Crippen molar-refractivity contribution in [3.8, 4) is 0 Å². The Kier molecular flexibility index (Phi) is 13.2. The summed E-state index contributed by atoms with van der Waals surface area (Å²) < 4.78 is 31.2. The SMILES string of the molecule is C=C(C)C(=O)N(CCCC(OC)=C(OC)OC)CCCC(OC)=C(OC)OC. The minimum absolute atomic E-state index is 0.0803. The van der Waals surface area contributed by atoms with Crippen molar-refractivity contribution in [1.82, 2.24) is 4.90 Å². The van der Waals surface area contributed by atoms with E-state index in [4.69, 9.17) is 28.4 Å². The zero-order valence-electron chi connectivity index (χ0n) is 18.3. The van der Waals surface area contributed by atoms with Gasteiger partial charge in [0.1, 0.15) is 0 Å². The number of nitrogens with zero attached hydrogens (tertiary/aromatic N) is 1. The van der Waals surface area contributed by atoms with Crippen LogP contribution < -0.4 is 0 Å². The Morgan fingerprint density at radius 1 is 0.714 bits per heavy atom. The van der Waals surface area contributed by atoms with Gasteiger partial charge >= 0.3 is 11.9 Å². The molecule has 0 saturated heterocycles. The number of hydrogen-bond acceptors (Lipinski definition) is 7. The van der Waals surface area contributed by atoms with Crippen molar-refractivity contribution in [2.75, 3.05) is 55.7 Å². The molecule has 28 heavy (non-hydrogen) atoms. The standard InChI is InChI=1S/C20H35NO7/c1-15(2)18(22)21(13-9-11-16(23-3)19(25-5)26-6)14-10-12-17(24-4)20(27-7)28-8/h1,9-14H2,2-8H3. The second kappa shape index (κ2) is 14.5. The average molecular weight is 402 g/mol. The van der Waals surface area contributed by atoms with Gasteiger partial charge in [0.25, 0.3) is 0 Å². The molecule has 0 aliphatic carbocycles. The minimum Gasteiger partial charge on any atom is -0.494 e. The second-order valence-corrected chi connectivity index (χ2v) is 5.93. The van der Waals surface area contributed by atoms with Gasteiger partial charge in [-0.1, -0.05) is 6.58 Å². The molecule has 0 atom stereocenters. The van der Waals surface area contributed by atoms with E-state index in [-0.39, 0.29) is 5.91 Å². The van der Waals surface area contributed by atoms with E-state index in [1.807, 2.05) is 0 Å². The van der Waals surface area contributed by atoms with E-state index in [1.165, 1.54) is 28.4 Å². The number of allylic oxidation sites excluding steroid dienone is 2. The Balaban J connectivity index is 4.94. The Morgan fingerprint density at radius 2 is 1.07 bits per heavy atom. The van der Waals surface area contributed by atoms with Gasteiger partial charge in [-0.15, -0.1) is 0 Å². The van der Waals surface area contributed by atoms with Gasteiger partial charge in [0, 0.05) is 31.5 Å². The highest BCUT2D eigenvalue weighted by molar-refractivity contribution is 5.92. The van der Waals surface area contributed by atoms with Crippen LogP contribution >= 0.6 is 0 Å². The zero-order chi connectivity index (χ0) is 21.5. The predicted molar refractivity (Wildman–Crippen MR) is 106 cm³/mol. The lowest BCUT2D eigenvalue weighted by Gasteiger charge is -2.23. The fraction of sp³-hybridized carbons (Fsp3) is 0.650. The minimum atomic E-state index is -0.0803. The van der Waals surface area contributed by atoms with Crippen LogP contribution in [0.3, 0.4) is 0 Å². The number of carbonyl (C=O) groups excluding carboxylic acids is 1. The summed E-state index contributed by atoms with van der Waals surface area (Å²) in [6, 6.07) is 0. The third-order valence-corrected chi connectivity index (χ3v) is 4.01. The summed E-state index contributed by atoms with van der Waals surface area (Å²) in [5.41, 5.74) is 0.494. The summed E-state index contributed by atoms with van der Waals surface area (Å²) in [5.74, 6) is 1.79. The number of methoxy groups -OCH3 is 6. The maximum absolute atomic E-state index is 12.5. The molecule has 0 unspecified atom stereocenters. The Morgan fingerprint density at radius 3 is 1.32 bits per heavy atom. The van der Waals surface area contributed by atoms with Gasteiger partial charge in [-0.2, -0.15) is 0 Å². The highest BCUT2D eigenvalue weighted by atomic mass is 16.7. The molecule has 0 aromatic carbocycles. The molecule has 0 aromatic heterocycles. The first kappa shape index (κ1) is 25.5. The topological polar surface area (TPSA) is 75.7 Å². The molecule has 0 bridgehead atoms. The summed E-state index contributed by atoms with van der Waals surface area (Å²) in [6.07, 6.45) is 2.53. The predicted octanol–water partition coefficient (Wildman–Crippen LogP) is 3.17. The highest BCUT2D eigenvalue weighted by Crippen LogP contribution is 2.17. The Hall–Kier alpha value is -2.51. The number of ether oxygens (including phenoxy) is 6. The van der Waals surface area contributed by atoms with Gasteiger partial charge in [-0.25, -0.2) is 0 Å². The van der Waals surface area contributed by atoms with Crippen molar-refractivity contribution in [2.24, 2.45) is 0 Å². The van der Waals surface area contributed by atoms with E-state index >= 15 is 0 Å². The van der Waals surface area contributed by atoms with E-state index < -0.39 is 0 Å². The summed E-state index contributed by atoms with van der Waals surface area (Å²) in [5, 5.41) is 0. The highest BCUT2D eigenvalue weighted by Gasteiger charge is 2.17. The van der Waals surface area contributed by atoms with Crippen molar-refractivity contribution in [3.63, 3.8) is 0 Å². The molecule has 0 rings (SSSR count). The monoisotopic (exact) mass is 401 g/mol. The smallest absolute Gasteiger partial charge is 0.318 e. The van der Waals surface area contributed by atoms with Gasteiger partial charge in [0.05, 0.1) is 42.7 Å². The number of hydrogen-bond donors (Lipinski definition) is 0. The zero-order valence-corrected chi connectivity index (χ0v) is 18.3. The summed E-state index contributed by atoms with van der Waals surface area (Å²) in [4.78, 5) is 14.2. The number of rotatable bonds is 15. The first-order valence-electron chi connectivity index (χ1n) is 9.05.